The van der Waals surface area contributed by atoms with Crippen LogP contribution in [0.25, 0.3) is 0 Å². The van der Waals surface area contributed by atoms with Crippen molar-refractivity contribution in [3.05, 3.63) is 0 Å². The van der Waals surface area contributed by atoms with E-state index in [1.54, 1.807) is 7.11 Å². The Morgan fingerprint density at radius 1 is 1.44 bits per heavy atom. The highest BCUT2D eigenvalue weighted by atomic mass is 16.5. The fourth-order valence-electron chi connectivity index (χ4n) is 2.09. The van der Waals surface area contributed by atoms with E-state index in [0.717, 1.165) is 19.4 Å². The zero-order chi connectivity index (χ0) is 13.4. The highest BCUT2D eigenvalue weighted by molar-refractivity contribution is 5.78. The van der Waals surface area contributed by atoms with Crippen LogP contribution in [0.3, 0.4) is 0 Å². The van der Waals surface area contributed by atoms with Gasteiger partial charge in [0.15, 0.2) is 0 Å². The van der Waals surface area contributed by atoms with Gasteiger partial charge in [-0.1, -0.05) is 0 Å². The number of hydrogen-bond acceptors (Lipinski definition) is 4. The van der Waals surface area contributed by atoms with Crippen LogP contribution in [0.1, 0.15) is 19.8 Å². The lowest BCUT2D eigenvalue weighted by atomic mass is 10.1. The van der Waals surface area contributed by atoms with Gasteiger partial charge >= 0.3 is 0 Å². The summed E-state index contributed by atoms with van der Waals surface area (Å²) in [6.45, 7) is 4.50. The van der Waals surface area contributed by atoms with E-state index in [-0.39, 0.29) is 17.9 Å². The molecule has 0 aromatic rings. The van der Waals surface area contributed by atoms with Crippen molar-refractivity contribution in [3.8, 4) is 0 Å². The monoisotopic (exact) mass is 257 g/mol. The first kappa shape index (κ1) is 14.9. The van der Waals surface area contributed by atoms with Gasteiger partial charge in [0.05, 0.1) is 13.2 Å². The highest BCUT2D eigenvalue weighted by Crippen LogP contribution is 2.09. The molecule has 18 heavy (non-hydrogen) atoms. The van der Waals surface area contributed by atoms with Crippen molar-refractivity contribution in [1.29, 1.82) is 0 Å². The fourth-order valence-corrected chi connectivity index (χ4v) is 2.09. The Hall–Kier alpha value is -1.14. The number of ether oxygens (including phenoxy) is 1. The molecule has 2 N–H and O–H groups in total. The van der Waals surface area contributed by atoms with Gasteiger partial charge in [-0.25, -0.2) is 0 Å². The molecule has 2 amide bonds. The molecule has 0 aromatic carbocycles. The normalized spacial score (nSPS) is 19.7. The van der Waals surface area contributed by atoms with Crippen LogP contribution in [0, 0.1) is 0 Å². The van der Waals surface area contributed by atoms with Crippen molar-refractivity contribution >= 4 is 11.8 Å². The molecular weight excluding hydrogens is 234 g/mol. The van der Waals surface area contributed by atoms with Gasteiger partial charge in [-0.05, 0) is 12.8 Å². The van der Waals surface area contributed by atoms with Gasteiger partial charge in [0.1, 0.15) is 0 Å². The lowest BCUT2D eigenvalue weighted by Gasteiger charge is -2.33. The lowest BCUT2D eigenvalue weighted by molar-refractivity contribution is -0.132. The first-order valence-corrected chi connectivity index (χ1v) is 6.38. The summed E-state index contributed by atoms with van der Waals surface area (Å²) in [6, 6.07) is 0.0965. The molecule has 0 spiro atoms. The minimum absolute atomic E-state index is 0.0347. The van der Waals surface area contributed by atoms with Gasteiger partial charge in [0.2, 0.25) is 11.8 Å². The van der Waals surface area contributed by atoms with Gasteiger partial charge < -0.3 is 20.3 Å². The quantitative estimate of drug-likeness (QED) is 0.620. The van der Waals surface area contributed by atoms with Crippen molar-refractivity contribution in [2.24, 2.45) is 0 Å². The minimum Gasteiger partial charge on any atom is -0.383 e. The molecular formula is C12H23N3O3. The topological polar surface area (TPSA) is 70.7 Å². The first-order valence-electron chi connectivity index (χ1n) is 6.38. The molecule has 1 aliphatic rings. The molecule has 1 saturated heterocycles. The molecule has 1 unspecified atom stereocenters. The lowest BCUT2D eigenvalue weighted by Crippen LogP contribution is -2.51. The van der Waals surface area contributed by atoms with E-state index in [9.17, 15) is 9.59 Å². The second kappa shape index (κ2) is 8.05. The number of carbonyl (C=O) groups excluding carboxylic acids is 2. The van der Waals surface area contributed by atoms with Gasteiger partial charge in [0.25, 0.3) is 0 Å². The second-order valence-corrected chi connectivity index (χ2v) is 4.55. The summed E-state index contributed by atoms with van der Waals surface area (Å²) < 4.78 is 4.90. The predicted octanol–water partition coefficient (Wildman–Crippen LogP) is -0.650. The molecule has 0 saturated carbocycles. The summed E-state index contributed by atoms with van der Waals surface area (Å²) >= 11 is 0. The highest BCUT2D eigenvalue weighted by Gasteiger charge is 2.23. The van der Waals surface area contributed by atoms with Gasteiger partial charge in [-0.2, -0.15) is 0 Å². The van der Waals surface area contributed by atoms with Crippen molar-refractivity contribution in [3.63, 3.8) is 0 Å². The molecule has 1 fully saturated rings. The number of carbonyl (C=O) groups is 2. The van der Waals surface area contributed by atoms with Crippen LogP contribution >= 0.6 is 0 Å². The Balaban J connectivity index is 2.27. The Morgan fingerprint density at radius 3 is 2.89 bits per heavy atom. The zero-order valence-electron chi connectivity index (χ0n) is 11.2. The zero-order valence-corrected chi connectivity index (χ0v) is 11.2. The first-order chi connectivity index (χ1) is 8.63. The number of nitrogens with one attached hydrogen (secondary N) is 2. The number of hydrogen-bond donors (Lipinski definition) is 2. The van der Waals surface area contributed by atoms with E-state index in [2.05, 4.69) is 10.6 Å². The van der Waals surface area contributed by atoms with E-state index >= 15 is 0 Å². The van der Waals surface area contributed by atoms with E-state index in [1.807, 2.05) is 4.90 Å². The smallest absolute Gasteiger partial charge is 0.236 e. The van der Waals surface area contributed by atoms with Gasteiger partial charge in [-0.15, -0.1) is 0 Å². The summed E-state index contributed by atoms with van der Waals surface area (Å²) in [5, 5.41) is 5.91. The molecule has 6 heteroatoms. The number of amides is 2. The summed E-state index contributed by atoms with van der Waals surface area (Å²) in [4.78, 5) is 24.7. The molecule has 1 heterocycles. The maximum Gasteiger partial charge on any atom is 0.236 e. The van der Waals surface area contributed by atoms with Crippen LogP contribution in [0.2, 0.25) is 0 Å². The standard InChI is InChI=1S/C12H23N3O3/c1-10(16)14-11-4-3-6-15(9-11)12(17)8-13-5-7-18-2/h11,13H,3-9H2,1-2H3,(H,14,16). The van der Waals surface area contributed by atoms with Crippen LogP contribution in [-0.4, -0.2) is 62.7 Å². The summed E-state index contributed by atoms with van der Waals surface area (Å²) in [5.74, 6) is 0.0497. The molecule has 0 aromatic heterocycles. The maximum atomic E-state index is 11.9. The van der Waals surface area contributed by atoms with Gasteiger partial charge in [-0.3, -0.25) is 9.59 Å². The fraction of sp³-hybridized carbons (Fsp3) is 0.833. The van der Waals surface area contributed by atoms with E-state index in [0.29, 0.717) is 26.2 Å². The van der Waals surface area contributed by atoms with Crippen LogP contribution in [0.15, 0.2) is 0 Å². The number of piperidine rings is 1. The van der Waals surface area contributed by atoms with Crippen LogP contribution in [0.4, 0.5) is 0 Å². The number of likely N-dealkylation sites (tertiary alicyclic amines) is 1. The maximum absolute atomic E-state index is 11.9. The van der Waals surface area contributed by atoms with Crippen molar-refractivity contribution in [1.82, 2.24) is 15.5 Å². The van der Waals surface area contributed by atoms with Crippen molar-refractivity contribution in [2.75, 3.05) is 39.9 Å². The Kier molecular flexibility index (Phi) is 6.67. The second-order valence-electron chi connectivity index (χ2n) is 4.55. The van der Waals surface area contributed by atoms with E-state index in [1.165, 1.54) is 6.92 Å². The SMILES string of the molecule is COCCNCC(=O)N1CCCC(NC(C)=O)C1. The van der Waals surface area contributed by atoms with Crippen LogP contribution in [0.5, 0.6) is 0 Å². The number of nitrogens with zero attached hydrogens (tertiary/aromatic N) is 1. The van der Waals surface area contributed by atoms with Crippen molar-refractivity contribution < 1.29 is 14.3 Å². The Morgan fingerprint density at radius 2 is 2.22 bits per heavy atom. The Bertz CT molecular complexity index is 284. The van der Waals surface area contributed by atoms with E-state index in [4.69, 9.17) is 4.74 Å². The summed E-state index contributed by atoms with van der Waals surface area (Å²) in [7, 11) is 1.63. The third-order valence-corrected chi connectivity index (χ3v) is 2.94. The molecule has 104 valence electrons. The molecule has 1 aliphatic heterocycles. The molecule has 0 aliphatic carbocycles. The molecule has 0 radical (unpaired) electrons. The molecule has 6 nitrogen and oxygen atoms in total. The third-order valence-electron chi connectivity index (χ3n) is 2.94. The minimum atomic E-state index is -0.0347. The summed E-state index contributed by atoms with van der Waals surface area (Å²) in [6.07, 6.45) is 1.88. The number of methoxy groups -OCH3 is 1. The Labute approximate surface area is 108 Å². The van der Waals surface area contributed by atoms with Crippen molar-refractivity contribution in [2.45, 2.75) is 25.8 Å². The number of rotatable bonds is 6. The summed E-state index contributed by atoms with van der Waals surface area (Å²) in [5.41, 5.74) is 0. The van der Waals surface area contributed by atoms with Crippen LogP contribution in [-0.2, 0) is 14.3 Å². The predicted molar refractivity (Wildman–Crippen MR) is 68.2 cm³/mol. The average Bonchev–Trinajstić information content (AvgIpc) is 2.34. The molecule has 0 bridgehead atoms. The molecule has 1 rings (SSSR count). The van der Waals surface area contributed by atoms with Crippen LogP contribution < -0.4 is 10.6 Å². The third kappa shape index (κ3) is 5.46. The van der Waals surface area contributed by atoms with Gasteiger partial charge in [0, 0.05) is 39.7 Å². The molecule has 1 atom stereocenters. The average molecular weight is 257 g/mol. The largest absolute Gasteiger partial charge is 0.383 e. The van der Waals surface area contributed by atoms with E-state index < -0.39 is 0 Å².